The van der Waals surface area contributed by atoms with E-state index in [9.17, 15) is 4.79 Å². The molecule has 0 spiro atoms. The van der Waals surface area contributed by atoms with Crippen LogP contribution < -0.4 is 10.1 Å². The number of benzene rings is 2. The lowest BCUT2D eigenvalue weighted by molar-refractivity contribution is -0.127. The number of hydrogen-bond donors (Lipinski definition) is 1. The van der Waals surface area contributed by atoms with E-state index in [1.165, 1.54) is 24.0 Å². The number of amides is 1. The highest BCUT2D eigenvalue weighted by Gasteiger charge is 2.18. The molecule has 1 atom stereocenters. The lowest BCUT2D eigenvalue weighted by Crippen LogP contribution is -2.36. The van der Waals surface area contributed by atoms with Crippen molar-refractivity contribution in [2.75, 3.05) is 0 Å². The number of aromatic nitrogens is 2. The maximum absolute atomic E-state index is 12.4. The van der Waals surface area contributed by atoms with Crippen LogP contribution in [0.3, 0.4) is 0 Å². The molecular formula is C22H22BrN3O3. The van der Waals surface area contributed by atoms with Gasteiger partial charge in [0.2, 0.25) is 11.7 Å². The highest BCUT2D eigenvalue weighted by atomic mass is 79.9. The smallest absolute Gasteiger partial charge is 0.261 e. The molecule has 1 aliphatic rings. The van der Waals surface area contributed by atoms with Gasteiger partial charge in [0.25, 0.3) is 5.91 Å². The Kier molecular flexibility index (Phi) is 5.94. The first-order valence-electron chi connectivity index (χ1n) is 9.73. The lowest BCUT2D eigenvalue weighted by Gasteiger charge is -2.19. The zero-order valence-corrected chi connectivity index (χ0v) is 17.7. The summed E-state index contributed by atoms with van der Waals surface area (Å²) in [4.78, 5) is 16.7. The van der Waals surface area contributed by atoms with Gasteiger partial charge in [-0.25, -0.2) is 0 Å². The zero-order chi connectivity index (χ0) is 20.2. The lowest BCUT2D eigenvalue weighted by atomic mass is 9.92. The van der Waals surface area contributed by atoms with Gasteiger partial charge in [-0.2, -0.15) is 4.98 Å². The van der Waals surface area contributed by atoms with Crippen molar-refractivity contribution in [3.8, 4) is 17.1 Å². The highest BCUT2D eigenvalue weighted by molar-refractivity contribution is 9.10. The number of nitrogens with zero attached hydrogens (tertiary/aromatic N) is 2. The van der Waals surface area contributed by atoms with Gasteiger partial charge in [0.1, 0.15) is 5.75 Å². The maximum atomic E-state index is 12.4. The Morgan fingerprint density at radius 3 is 2.86 bits per heavy atom. The van der Waals surface area contributed by atoms with Gasteiger partial charge in [0.05, 0.1) is 6.54 Å². The summed E-state index contributed by atoms with van der Waals surface area (Å²) in [7, 11) is 0. The van der Waals surface area contributed by atoms with Crippen LogP contribution in [0.25, 0.3) is 11.4 Å². The number of carbonyl (C=O) groups excluding carboxylic acids is 1. The van der Waals surface area contributed by atoms with Crippen molar-refractivity contribution in [3.05, 3.63) is 64.0 Å². The Labute approximate surface area is 177 Å². The van der Waals surface area contributed by atoms with Crippen molar-refractivity contribution in [3.63, 3.8) is 0 Å². The second kappa shape index (κ2) is 8.78. The number of rotatable bonds is 6. The summed E-state index contributed by atoms with van der Waals surface area (Å²) in [6.45, 7) is 1.88. The molecule has 29 heavy (non-hydrogen) atoms. The molecule has 3 aromatic rings. The number of aryl methyl sites for hydroxylation is 2. The Morgan fingerprint density at radius 1 is 1.21 bits per heavy atom. The number of fused-ring (bicyclic) bond motifs is 1. The number of halogens is 1. The highest BCUT2D eigenvalue weighted by Crippen LogP contribution is 2.26. The van der Waals surface area contributed by atoms with Gasteiger partial charge in [-0.1, -0.05) is 39.3 Å². The van der Waals surface area contributed by atoms with Gasteiger partial charge in [0.15, 0.2) is 6.10 Å². The van der Waals surface area contributed by atoms with Crippen molar-refractivity contribution in [2.45, 2.75) is 45.3 Å². The van der Waals surface area contributed by atoms with Crippen molar-refractivity contribution < 1.29 is 14.1 Å². The molecule has 7 heteroatoms. The Balaban J connectivity index is 1.32. The molecule has 150 valence electrons. The number of nitrogens with one attached hydrogen (secondary N) is 1. The quantitative estimate of drug-likeness (QED) is 0.593. The van der Waals surface area contributed by atoms with Gasteiger partial charge in [0, 0.05) is 10.0 Å². The predicted octanol–water partition coefficient (Wildman–Crippen LogP) is 4.46. The van der Waals surface area contributed by atoms with Crippen LogP contribution in [-0.2, 0) is 24.2 Å². The molecule has 0 fully saturated rings. The molecule has 1 heterocycles. The van der Waals surface area contributed by atoms with Gasteiger partial charge < -0.3 is 14.6 Å². The third-order valence-electron chi connectivity index (χ3n) is 4.97. The van der Waals surface area contributed by atoms with Crippen molar-refractivity contribution in [1.82, 2.24) is 15.5 Å². The fourth-order valence-electron chi connectivity index (χ4n) is 3.42. The van der Waals surface area contributed by atoms with Crippen molar-refractivity contribution >= 4 is 21.8 Å². The summed E-state index contributed by atoms with van der Waals surface area (Å²) in [5.74, 6) is 1.32. The summed E-state index contributed by atoms with van der Waals surface area (Å²) >= 11 is 3.42. The van der Waals surface area contributed by atoms with Crippen LogP contribution in [0.5, 0.6) is 5.75 Å². The summed E-state index contributed by atoms with van der Waals surface area (Å²) in [5.41, 5.74) is 3.55. The molecule has 1 N–H and O–H groups in total. The van der Waals surface area contributed by atoms with E-state index in [-0.39, 0.29) is 12.5 Å². The van der Waals surface area contributed by atoms with Gasteiger partial charge in [-0.15, -0.1) is 0 Å². The van der Waals surface area contributed by atoms with Crippen LogP contribution >= 0.6 is 15.9 Å². The minimum absolute atomic E-state index is 0.151. The van der Waals surface area contributed by atoms with E-state index in [0.717, 1.165) is 28.6 Å². The minimum atomic E-state index is -0.621. The molecule has 0 saturated heterocycles. The summed E-state index contributed by atoms with van der Waals surface area (Å²) in [6.07, 6.45) is 4.02. The van der Waals surface area contributed by atoms with Crippen LogP contribution in [0, 0.1) is 0 Å². The minimum Gasteiger partial charge on any atom is -0.481 e. The molecule has 2 aromatic carbocycles. The van der Waals surface area contributed by atoms with E-state index in [0.29, 0.717) is 11.7 Å². The van der Waals surface area contributed by atoms with Crippen LogP contribution in [0.2, 0.25) is 0 Å². The molecule has 0 unspecified atom stereocenters. The van der Waals surface area contributed by atoms with Crippen LogP contribution in [0.1, 0.15) is 36.8 Å². The molecular weight excluding hydrogens is 434 g/mol. The molecule has 0 bridgehead atoms. The van der Waals surface area contributed by atoms with E-state index in [1.54, 1.807) is 6.92 Å². The van der Waals surface area contributed by atoms with Crippen LogP contribution in [0.4, 0.5) is 0 Å². The first-order valence-corrected chi connectivity index (χ1v) is 10.5. The molecule has 0 radical (unpaired) electrons. The normalized spacial score (nSPS) is 14.1. The monoisotopic (exact) mass is 455 g/mol. The van der Waals surface area contributed by atoms with Gasteiger partial charge >= 0.3 is 0 Å². The average Bonchev–Trinajstić information content (AvgIpc) is 3.21. The Hall–Kier alpha value is -2.67. The van der Waals surface area contributed by atoms with Crippen LogP contribution in [0.15, 0.2) is 51.5 Å². The standard InChI is InChI=1S/C22H22BrN3O3/c1-14(28-19-10-9-15-5-2-3-6-16(15)12-19)22(27)24-13-20-25-21(26-29-20)17-7-4-8-18(23)11-17/h4,7-12,14H,2-3,5-6,13H2,1H3,(H,24,27)/t14-/m1/s1. The fraction of sp³-hybridized carbons (Fsp3) is 0.318. The van der Waals surface area contributed by atoms with Crippen molar-refractivity contribution in [2.24, 2.45) is 0 Å². The Morgan fingerprint density at radius 2 is 2.03 bits per heavy atom. The maximum Gasteiger partial charge on any atom is 0.261 e. The SMILES string of the molecule is C[C@@H](Oc1ccc2c(c1)CCCC2)C(=O)NCc1nc(-c2cccc(Br)c2)no1. The predicted molar refractivity (Wildman–Crippen MR) is 112 cm³/mol. The molecule has 1 amide bonds. The second-order valence-electron chi connectivity index (χ2n) is 7.14. The summed E-state index contributed by atoms with van der Waals surface area (Å²) in [5, 5.41) is 6.76. The van der Waals surface area contributed by atoms with Gasteiger partial charge in [-0.3, -0.25) is 4.79 Å². The van der Waals surface area contributed by atoms with E-state index in [1.807, 2.05) is 30.3 Å². The Bertz CT molecular complexity index is 1020. The number of hydrogen-bond acceptors (Lipinski definition) is 5. The zero-order valence-electron chi connectivity index (χ0n) is 16.2. The molecule has 1 aromatic heterocycles. The average molecular weight is 456 g/mol. The first kappa shape index (κ1) is 19.6. The summed E-state index contributed by atoms with van der Waals surface area (Å²) in [6, 6.07) is 13.7. The second-order valence-corrected chi connectivity index (χ2v) is 8.05. The van der Waals surface area contributed by atoms with E-state index >= 15 is 0 Å². The fourth-order valence-corrected chi connectivity index (χ4v) is 3.82. The number of ether oxygens (including phenoxy) is 1. The number of carbonyl (C=O) groups is 1. The molecule has 0 aliphatic heterocycles. The van der Waals surface area contributed by atoms with Crippen LogP contribution in [-0.4, -0.2) is 22.2 Å². The van der Waals surface area contributed by atoms with E-state index < -0.39 is 6.10 Å². The first-order chi connectivity index (χ1) is 14.1. The molecule has 0 saturated carbocycles. The molecule has 6 nitrogen and oxygen atoms in total. The van der Waals surface area contributed by atoms with Crippen molar-refractivity contribution in [1.29, 1.82) is 0 Å². The van der Waals surface area contributed by atoms with E-state index in [4.69, 9.17) is 9.26 Å². The van der Waals surface area contributed by atoms with Gasteiger partial charge in [-0.05, 0) is 68.0 Å². The largest absolute Gasteiger partial charge is 0.481 e. The topological polar surface area (TPSA) is 77.2 Å². The molecule has 1 aliphatic carbocycles. The molecule has 4 rings (SSSR count). The third kappa shape index (κ3) is 4.85. The van der Waals surface area contributed by atoms with E-state index in [2.05, 4.69) is 43.5 Å². The summed E-state index contributed by atoms with van der Waals surface area (Å²) < 4.78 is 12.0. The third-order valence-corrected chi connectivity index (χ3v) is 5.46.